The lowest BCUT2D eigenvalue weighted by Crippen LogP contribution is -2.13. The molecule has 0 saturated heterocycles. The summed E-state index contributed by atoms with van der Waals surface area (Å²) in [5.41, 5.74) is 6.96. The number of hydrogen-bond acceptors (Lipinski definition) is 1. The predicted octanol–water partition coefficient (Wildman–Crippen LogP) is 4.00. The standard InChI is InChI=1S/C14H11ClF3N/c15-12-6-9(1-2-13(12)18)14(19)5-8-3-10(16)7-11(17)4-8/h1-4,6-7,14H,5,19H2. The van der Waals surface area contributed by atoms with E-state index in [4.69, 9.17) is 17.3 Å². The zero-order valence-corrected chi connectivity index (χ0v) is 10.6. The van der Waals surface area contributed by atoms with Gasteiger partial charge in [-0.2, -0.15) is 0 Å². The monoisotopic (exact) mass is 285 g/mol. The van der Waals surface area contributed by atoms with Crippen molar-refractivity contribution < 1.29 is 13.2 Å². The summed E-state index contributed by atoms with van der Waals surface area (Å²) in [4.78, 5) is 0. The molecule has 0 radical (unpaired) electrons. The van der Waals surface area contributed by atoms with Gasteiger partial charge in [0.05, 0.1) is 5.02 Å². The van der Waals surface area contributed by atoms with Gasteiger partial charge >= 0.3 is 0 Å². The molecule has 0 aliphatic heterocycles. The van der Waals surface area contributed by atoms with E-state index in [1.165, 1.54) is 30.3 Å². The van der Waals surface area contributed by atoms with Gasteiger partial charge in [-0.05, 0) is 41.8 Å². The van der Waals surface area contributed by atoms with Gasteiger partial charge in [0, 0.05) is 12.1 Å². The third-order valence-electron chi connectivity index (χ3n) is 2.75. The lowest BCUT2D eigenvalue weighted by atomic mass is 9.99. The Bertz CT molecular complexity index is 581. The summed E-state index contributed by atoms with van der Waals surface area (Å²) in [6.45, 7) is 0. The molecule has 2 aromatic rings. The molecule has 1 unspecified atom stereocenters. The highest BCUT2D eigenvalue weighted by Gasteiger charge is 2.11. The molecule has 2 aromatic carbocycles. The summed E-state index contributed by atoms with van der Waals surface area (Å²) in [5, 5.41) is -0.0293. The van der Waals surface area contributed by atoms with Gasteiger partial charge in [0.25, 0.3) is 0 Å². The van der Waals surface area contributed by atoms with Crippen molar-refractivity contribution in [3.05, 3.63) is 70.0 Å². The van der Waals surface area contributed by atoms with Crippen molar-refractivity contribution in [3.63, 3.8) is 0 Å². The van der Waals surface area contributed by atoms with Crippen LogP contribution >= 0.6 is 11.6 Å². The molecule has 0 aliphatic rings. The zero-order valence-electron chi connectivity index (χ0n) is 9.84. The fourth-order valence-corrected chi connectivity index (χ4v) is 2.03. The molecule has 19 heavy (non-hydrogen) atoms. The van der Waals surface area contributed by atoms with Gasteiger partial charge in [-0.1, -0.05) is 17.7 Å². The Hall–Kier alpha value is -1.52. The lowest BCUT2D eigenvalue weighted by molar-refractivity contribution is 0.576. The highest BCUT2D eigenvalue weighted by Crippen LogP contribution is 2.22. The Morgan fingerprint density at radius 2 is 1.63 bits per heavy atom. The van der Waals surface area contributed by atoms with Crippen LogP contribution in [0.5, 0.6) is 0 Å². The van der Waals surface area contributed by atoms with Crippen LogP contribution in [0.4, 0.5) is 13.2 Å². The first-order valence-electron chi connectivity index (χ1n) is 5.61. The van der Waals surface area contributed by atoms with E-state index in [1.807, 2.05) is 0 Å². The average Bonchev–Trinajstić information content (AvgIpc) is 2.31. The van der Waals surface area contributed by atoms with Gasteiger partial charge in [-0.3, -0.25) is 0 Å². The van der Waals surface area contributed by atoms with Crippen LogP contribution in [0.15, 0.2) is 36.4 Å². The molecule has 0 fully saturated rings. The van der Waals surface area contributed by atoms with Crippen molar-refractivity contribution in [3.8, 4) is 0 Å². The second-order valence-corrected chi connectivity index (χ2v) is 4.67. The van der Waals surface area contributed by atoms with Crippen molar-refractivity contribution in [2.75, 3.05) is 0 Å². The fourth-order valence-electron chi connectivity index (χ4n) is 1.84. The summed E-state index contributed by atoms with van der Waals surface area (Å²) in [7, 11) is 0. The van der Waals surface area contributed by atoms with Gasteiger partial charge < -0.3 is 5.73 Å². The van der Waals surface area contributed by atoms with Gasteiger partial charge in [0.15, 0.2) is 0 Å². The molecule has 0 spiro atoms. The molecule has 1 atom stereocenters. The largest absolute Gasteiger partial charge is 0.324 e. The molecule has 2 N–H and O–H groups in total. The molecule has 0 amide bonds. The minimum atomic E-state index is -0.653. The number of halogens is 4. The summed E-state index contributed by atoms with van der Waals surface area (Å²) < 4.78 is 39.1. The summed E-state index contributed by atoms with van der Waals surface area (Å²) >= 11 is 5.66. The molecule has 0 saturated carbocycles. The van der Waals surface area contributed by atoms with Crippen molar-refractivity contribution in [2.24, 2.45) is 5.73 Å². The SMILES string of the molecule is NC(Cc1cc(F)cc(F)c1)c1ccc(F)c(Cl)c1. The van der Waals surface area contributed by atoms with E-state index in [-0.39, 0.29) is 11.4 Å². The number of nitrogens with two attached hydrogens (primary N) is 1. The van der Waals surface area contributed by atoms with Crippen molar-refractivity contribution in [1.29, 1.82) is 0 Å². The third kappa shape index (κ3) is 3.49. The summed E-state index contributed by atoms with van der Waals surface area (Å²) in [6, 6.07) is 6.84. The Morgan fingerprint density at radius 1 is 1.00 bits per heavy atom. The van der Waals surface area contributed by atoms with E-state index in [0.29, 0.717) is 11.1 Å². The molecule has 0 bridgehead atoms. The molecule has 2 rings (SSSR count). The smallest absolute Gasteiger partial charge is 0.141 e. The Balaban J connectivity index is 2.20. The lowest BCUT2D eigenvalue weighted by Gasteiger charge is -2.13. The first-order chi connectivity index (χ1) is 8.95. The topological polar surface area (TPSA) is 26.0 Å². The first-order valence-corrected chi connectivity index (χ1v) is 5.99. The van der Waals surface area contributed by atoms with E-state index >= 15 is 0 Å². The minimum absolute atomic E-state index is 0.0293. The van der Waals surface area contributed by atoms with Crippen LogP contribution in [0.2, 0.25) is 5.02 Å². The fraction of sp³-hybridized carbons (Fsp3) is 0.143. The number of benzene rings is 2. The Kier molecular flexibility index (Phi) is 4.12. The molecular weight excluding hydrogens is 275 g/mol. The first kappa shape index (κ1) is 13.9. The highest BCUT2D eigenvalue weighted by atomic mass is 35.5. The number of rotatable bonds is 3. The van der Waals surface area contributed by atoms with Crippen molar-refractivity contribution >= 4 is 11.6 Å². The Morgan fingerprint density at radius 3 is 2.21 bits per heavy atom. The van der Waals surface area contributed by atoms with Crippen LogP contribution in [-0.4, -0.2) is 0 Å². The van der Waals surface area contributed by atoms with Gasteiger partial charge in [-0.25, -0.2) is 13.2 Å². The molecular formula is C14H11ClF3N. The zero-order chi connectivity index (χ0) is 14.0. The van der Waals surface area contributed by atoms with Crippen molar-refractivity contribution in [1.82, 2.24) is 0 Å². The average molecular weight is 286 g/mol. The maximum absolute atomic E-state index is 13.0. The van der Waals surface area contributed by atoms with Gasteiger partial charge in [0.2, 0.25) is 0 Å². The normalized spacial score (nSPS) is 12.5. The highest BCUT2D eigenvalue weighted by molar-refractivity contribution is 6.30. The Labute approximate surface area is 113 Å². The molecule has 100 valence electrons. The van der Waals surface area contributed by atoms with Crippen LogP contribution in [0.25, 0.3) is 0 Å². The van der Waals surface area contributed by atoms with Crippen LogP contribution in [0, 0.1) is 17.5 Å². The molecule has 1 nitrogen and oxygen atoms in total. The van der Waals surface area contributed by atoms with E-state index < -0.39 is 23.5 Å². The van der Waals surface area contributed by atoms with Crippen LogP contribution in [0.1, 0.15) is 17.2 Å². The van der Waals surface area contributed by atoms with E-state index in [9.17, 15) is 13.2 Å². The number of hydrogen-bond donors (Lipinski definition) is 1. The van der Waals surface area contributed by atoms with E-state index in [2.05, 4.69) is 0 Å². The third-order valence-corrected chi connectivity index (χ3v) is 3.04. The minimum Gasteiger partial charge on any atom is -0.324 e. The summed E-state index contributed by atoms with van der Waals surface area (Å²) in [5.74, 6) is -1.84. The van der Waals surface area contributed by atoms with Gasteiger partial charge in [0.1, 0.15) is 17.5 Å². The van der Waals surface area contributed by atoms with Crippen LogP contribution < -0.4 is 5.73 Å². The molecule has 0 aliphatic carbocycles. The van der Waals surface area contributed by atoms with Crippen molar-refractivity contribution in [2.45, 2.75) is 12.5 Å². The van der Waals surface area contributed by atoms with Crippen LogP contribution in [-0.2, 0) is 6.42 Å². The van der Waals surface area contributed by atoms with E-state index in [1.54, 1.807) is 0 Å². The summed E-state index contributed by atoms with van der Waals surface area (Å²) in [6.07, 6.45) is 0.233. The quantitative estimate of drug-likeness (QED) is 0.906. The van der Waals surface area contributed by atoms with Gasteiger partial charge in [-0.15, -0.1) is 0 Å². The van der Waals surface area contributed by atoms with Crippen LogP contribution in [0.3, 0.4) is 0 Å². The predicted molar refractivity (Wildman–Crippen MR) is 68.4 cm³/mol. The second-order valence-electron chi connectivity index (χ2n) is 4.26. The molecule has 0 aromatic heterocycles. The maximum Gasteiger partial charge on any atom is 0.141 e. The maximum atomic E-state index is 13.0. The molecule has 0 heterocycles. The second kappa shape index (κ2) is 5.63. The molecule has 5 heteroatoms. The van der Waals surface area contributed by atoms with E-state index in [0.717, 1.165) is 6.07 Å².